The van der Waals surface area contributed by atoms with Gasteiger partial charge in [-0.1, -0.05) is 60.5 Å². The van der Waals surface area contributed by atoms with Crippen LogP contribution in [0, 0.1) is 11.8 Å². The number of H-pyrrole nitrogens is 1. The Bertz CT molecular complexity index is 1250. The Morgan fingerprint density at radius 2 is 1.81 bits per heavy atom. The van der Waals surface area contributed by atoms with Gasteiger partial charge in [0.2, 0.25) is 0 Å². The third kappa shape index (κ3) is 5.16. The summed E-state index contributed by atoms with van der Waals surface area (Å²) in [4.78, 5) is 11.2. The molecule has 3 aromatic carbocycles. The highest BCUT2D eigenvalue weighted by atomic mass is 16.5. The van der Waals surface area contributed by atoms with E-state index >= 15 is 0 Å². The minimum absolute atomic E-state index is 0.0259. The van der Waals surface area contributed by atoms with Crippen molar-refractivity contribution in [3.8, 4) is 17.6 Å². The van der Waals surface area contributed by atoms with Crippen molar-refractivity contribution in [2.45, 2.75) is 31.8 Å². The number of carboxylic acid groups (broad SMARTS) is 1. The lowest BCUT2D eigenvalue weighted by molar-refractivity contribution is -0.137. The van der Waals surface area contributed by atoms with Crippen LogP contribution in [0.2, 0.25) is 0 Å². The van der Waals surface area contributed by atoms with E-state index in [-0.39, 0.29) is 18.4 Å². The summed E-state index contributed by atoms with van der Waals surface area (Å²) >= 11 is 0. The van der Waals surface area contributed by atoms with Crippen molar-refractivity contribution in [1.29, 1.82) is 0 Å². The number of benzene rings is 3. The molecule has 0 amide bonds. The molecule has 4 rings (SSSR count). The van der Waals surface area contributed by atoms with E-state index in [4.69, 9.17) is 4.74 Å². The maximum absolute atomic E-state index is 11.2. The van der Waals surface area contributed by atoms with Gasteiger partial charge in [-0.25, -0.2) is 0 Å². The van der Waals surface area contributed by atoms with Gasteiger partial charge in [0.25, 0.3) is 0 Å². The van der Waals surface area contributed by atoms with Crippen LogP contribution in [0.5, 0.6) is 5.75 Å². The molecule has 0 aliphatic carbocycles. The van der Waals surface area contributed by atoms with Crippen molar-refractivity contribution in [2.75, 3.05) is 0 Å². The number of aromatic amines is 1. The number of nitrogens with zero attached hydrogens (tertiary/aromatic N) is 1. The number of hydrogen-bond donors (Lipinski definition) is 2. The summed E-state index contributed by atoms with van der Waals surface area (Å²) in [6.45, 7) is 1.72. The van der Waals surface area contributed by atoms with Gasteiger partial charge in [-0.05, 0) is 41.8 Å². The second-order valence-corrected chi connectivity index (χ2v) is 7.63. The minimum Gasteiger partial charge on any atom is -0.485 e. The highest BCUT2D eigenvalue weighted by Gasteiger charge is 2.17. The van der Waals surface area contributed by atoms with Crippen molar-refractivity contribution in [3.63, 3.8) is 0 Å². The lowest BCUT2D eigenvalue weighted by atomic mass is 9.96. The van der Waals surface area contributed by atoms with E-state index in [1.54, 1.807) is 13.1 Å². The van der Waals surface area contributed by atoms with E-state index in [0.717, 1.165) is 27.8 Å². The molecule has 0 saturated heterocycles. The Morgan fingerprint density at radius 3 is 2.53 bits per heavy atom. The zero-order valence-electron chi connectivity index (χ0n) is 17.8. The normalized spacial score (nSPS) is 12.5. The van der Waals surface area contributed by atoms with Crippen molar-refractivity contribution < 1.29 is 14.6 Å². The lowest BCUT2D eigenvalue weighted by Crippen LogP contribution is -2.11. The number of aromatic nitrogens is 2. The average Bonchev–Trinajstić information content (AvgIpc) is 3.27. The van der Waals surface area contributed by atoms with Crippen LogP contribution in [0.15, 0.2) is 79.0 Å². The fourth-order valence-corrected chi connectivity index (χ4v) is 3.75. The number of rotatable bonds is 8. The largest absolute Gasteiger partial charge is 0.485 e. The first-order valence-electron chi connectivity index (χ1n) is 10.5. The fraction of sp³-hybridized carbons (Fsp3) is 0.185. The Hall–Kier alpha value is -4.04. The highest BCUT2D eigenvalue weighted by Crippen LogP contribution is 2.29. The Kier molecular flexibility index (Phi) is 6.52. The molecule has 5 heteroatoms. The second kappa shape index (κ2) is 9.84. The van der Waals surface area contributed by atoms with Crippen molar-refractivity contribution in [2.24, 2.45) is 0 Å². The first kappa shape index (κ1) is 21.2. The molecule has 160 valence electrons. The van der Waals surface area contributed by atoms with E-state index in [1.165, 1.54) is 5.56 Å². The number of hydrogen-bond acceptors (Lipinski definition) is 3. The molecule has 5 nitrogen and oxygen atoms in total. The maximum Gasteiger partial charge on any atom is 0.304 e. The van der Waals surface area contributed by atoms with Crippen LogP contribution < -0.4 is 4.74 Å². The topological polar surface area (TPSA) is 75.2 Å². The summed E-state index contributed by atoms with van der Waals surface area (Å²) < 4.78 is 6.42. The van der Waals surface area contributed by atoms with Crippen LogP contribution >= 0.6 is 0 Å². The molecule has 0 aliphatic rings. The van der Waals surface area contributed by atoms with Gasteiger partial charge in [0.05, 0.1) is 24.1 Å². The summed E-state index contributed by atoms with van der Waals surface area (Å²) in [5.74, 6) is 5.33. The predicted molar refractivity (Wildman–Crippen MR) is 124 cm³/mol. The van der Waals surface area contributed by atoms with Crippen LogP contribution in [0.1, 0.15) is 42.1 Å². The van der Waals surface area contributed by atoms with E-state index in [1.807, 2.05) is 48.5 Å². The van der Waals surface area contributed by atoms with Gasteiger partial charge in [0.15, 0.2) is 0 Å². The molecular formula is C27H24N2O3. The molecule has 1 aromatic heterocycles. The van der Waals surface area contributed by atoms with Gasteiger partial charge in [-0.15, -0.1) is 5.92 Å². The number of nitrogens with one attached hydrogen (secondary N) is 1. The highest BCUT2D eigenvalue weighted by molar-refractivity contribution is 5.78. The third-order valence-corrected chi connectivity index (χ3v) is 5.36. The minimum atomic E-state index is -0.866. The smallest absolute Gasteiger partial charge is 0.304 e. The van der Waals surface area contributed by atoms with Crippen LogP contribution in [0.3, 0.4) is 0 Å². The molecule has 0 radical (unpaired) electrons. The molecule has 4 aromatic rings. The van der Waals surface area contributed by atoms with Gasteiger partial charge in [-0.3, -0.25) is 9.89 Å². The summed E-state index contributed by atoms with van der Waals surface area (Å²) in [5.41, 5.74) is 4.07. The number of aliphatic carboxylic acids is 1. The summed E-state index contributed by atoms with van der Waals surface area (Å²) in [5, 5.41) is 17.4. The van der Waals surface area contributed by atoms with Crippen LogP contribution in [-0.4, -0.2) is 21.3 Å². The Morgan fingerprint density at radius 1 is 1.06 bits per heavy atom. The number of ether oxygens (including phenoxy) is 1. The average molecular weight is 425 g/mol. The number of fused-ring (bicyclic) bond motifs is 1. The molecule has 2 atom stereocenters. The lowest BCUT2D eigenvalue weighted by Gasteiger charge is -2.21. The van der Waals surface area contributed by atoms with Gasteiger partial charge >= 0.3 is 5.97 Å². The van der Waals surface area contributed by atoms with Crippen molar-refractivity contribution >= 4 is 16.9 Å². The number of carbonyl (C=O) groups is 1. The monoisotopic (exact) mass is 424 g/mol. The standard InChI is InChI=1S/C27H24N2O3/c1-2-6-21(17-27(30)31)20-11-13-24(14-12-20)32-26(15-19-7-4-3-5-8-19)22-9-10-23-18-28-29-25(23)16-22/h3-5,7-14,16,18,21,26H,15,17H2,1H3,(H,28,29)(H,30,31). The van der Waals surface area contributed by atoms with E-state index in [2.05, 4.69) is 46.3 Å². The molecule has 0 spiro atoms. The summed E-state index contributed by atoms with van der Waals surface area (Å²) in [6.07, 6.45) is 2.30. The first-order valence-corrected chi connectivity index (χ1v) is 10.5. The SMILES string of the molecule is CC#CC(CC(=O)O)c1ccc(OC(Cc2ccccc2)c2ccc3cn[nH]c3c2)cc1. The van der Waals surface area contributed by atoms with Gasteiger partial charge < -0.3 is 9.84 Å². The predicted octanol–water partition coefficient (Wildman–Crippen LogP) is 5.51. The zero-order valence-corrected chi connectivity index (χ0v) is 17.8. The molecule has 0 saturated carbocycles. The summed E-state index contributed by atoms with van der Waals surface area (Å²) in [7, 11) is 0. The molecule has 0 aliphatic heterocycles. The maximum atomic E-state index is 11.2. The molecule has 0 bridgehead atoms. The van der Waals surface area contributed by atoms with E-state index in [0.29, 0.717) is 6.42 Å². The van der Waals surface area contributed by atoms with Crippen molar-refractivity contribution in [1.82, 2.24) is 10.2 Å². The molecule has 2 N–H and O–H groups in total. The summed E-state index contributed by atoms with van der Waals surface area (Å²) in [6, 6.07) is 24.0. The van der Waals surface area contributed by atoms with Crippen LogP contribution in [0.4, 0.5) is 0 Å². The van der Waals surface area contributed by atoms with Gasteiger partial charge in [-0.2, -0.15) is 5.10 Å². The molecule has 0 fully saturated rings. The van der Waals surface area contributed by atoms with Crippen LogP contribution in [0.25, 0.3) is 10.9 Å². The van der Waals surface area contributed by atoms with E-state index in [9.17, 15) is 9.90 Å². The van der Waals surface area contributed by atoms with Gasteiger partial charge in [0.1, 0.15) is 11.9 Å². The quantitative estimate of drug-likeness (QED) is 0.366. The third-order valence-electron chi connectivity index (χ3n) is 5.36. The van der Waals surface area contributed by atoms with E-state index < -0.39 is 5.97 Å². The van der Waals surface area contributed by atoms with Gasteiger partial charge in [0, 0.05) is 11.8 Å². The fourth-order valence-electron chi connectivity index (χ4n) is 3.75. The Balaban J connectivity index is 1.60. The molecule has 1 heterocycles. The van der Waals surface area contributed by atoms with Crippen molar-refractivity contribution in [3.05, 3.63) is 95.7 Å². The first-order chi connectivity index (χ1) is 15.6. The van der Waals surface area contributed by atoms with Crippen LogP contribution in [-0.2, 0) is 11.2 Å². The second-order valence-electron chi connectivity index (χ2n) is 7.63. The molecule has 32 heavy (non-hydrogen) atoms. The Labute approximate surface area is 187 Å². The number of carboxylic acids is 1. The zero-order chi connectivity index (χ0) is 22.3. The molecular weight excluding hydrogens is 400 g/mol. The molecule has 2 unspecified atom stereocenters.